The summed E-state index contributed by atoms with van der Waals surface area (Å²) in [6.45, 7) is 19.1. The molecule has 0 aliphatic carbocycles. The van der Waals surface area contributed by atoms with Crippen LogP contribution < -0.4 is 28.4 Å². The second-order valence-corrected chi connectivity index (χ2v) is 36.6. The van der Waals surface area contributed by atoms with Gasteiger partial charge in [-0.3, -0.25) is 12.2 Å². The lowest BCUT2D eigenvalue weighted by Crippen LogP contribution is -2.52. The Hall–Kier alpha value is -2.43. The van der Waals surface area contributed by atoms with Crippen molar-refractivity contribution in [3.63, 3.8) is 0 Å². The molecule has 17 heteroatoms. The van der Waals surface area contributed by atoms with Crippen LogP contribution in [0.15, 0.2) is 84.9 Å². The van der Waals surface area contributed by atoms with E-state index in [1.54, 1.807) is 51.7 Å². The van der Waals surface area contributed by atoms with Gasteiger partial charge in [-0.25, -0.2) is 4.79 Å². The van der Waals surface area contributed by atoms with Gasteiger partial charge in [0.25, 0.3) is 0 Å². The summed E-state index contributed by atoms with van der Waals surface area (Å²) < 4.78 is 47.7. The highest BCUT2D eigenvalue weighted by Crippen LogP contribution is 2.35. The average Bonchev–Trinajstić information content (AvgIpc) is 3.20. The standard InChI is InChI=1S/C45H62O10Si3.CI2PS/c1-33(46)51-38-23-19-36(20-24-38)45(2,3)37-21-25-39(26-22-37)52-44(47)53-41-28-18-35(32-43(41)50-6)16-14-30-57(9,10)55-58(11,12)54-56(7,8)29-13-15-34-17-27-40(48-4)42(31-34)49-5;2-1(3)4-5/h17-28,31-32H,13-16,29-30H2,1-12H3;/q;-1. The number of rotatable bonds is 20. The van der Waals surface area contributed by atoms with Crippen molar-refractivity contribution in [2.24, 2.45) is 0 Å². The molecule has 0 heterocycles. The number of carbonyl (C=O) groups is 2. The molecule has 0 aliphatic heterocycles. The van der Waals surface area contributed by atoms with E-state index < -0.39 is 31.4 Å². The minimum Gasteiger partial charge on any atom is -0.726 e. The van der Waals surface area contributed by atoms with Crippen molar-refractivity contribution < 1.29 is 46.2 Å². The molecule has 0 fully saturated rings. The topological polar surface area (TPSA) is 108 Å². The molecule has 0 atom stereocenters. The average molecular weight is 1180 g/mol. The third kappa shape index (κ3) is 19.1. The van der Waals surface area contributed by atoms with Crippen LogP contribution in [0.25, 0.3) is 0 Å². The SMILES string of the molecule is COc1ccc(CCC[Si](C)(C)O[Si](C)(C)O[Si](C)(C)CCCc2ccc(OC(=O)Oc3ccc(C(C)(C)c4ccc(OC(C)=O)cc4)cc3)c(OC)c2)cc1OC.[S-]P=C(I)I. The predicted molar refractivity (Wildman–Crippen MR) is 284 cm³/mol. The highest BCUT2D eigenvalue weighted by atomic mass is 127. The largest absolute Gasteiger partial charge is 0.726 e. The second kappa shape index (κ2) is 25.5. The molecule has 0 bridgehead atoms. The van der Waals surface area contributed by atoms with E-state index in [1.807, 2.05) is 42.5 Å². The zero-order valence-electron chi connectivity index (χ0n) is 38.5. The highest BCUT2D eigenvalue weighted by molar-refractivity contribution is 14.2. The lowest BCUT2D eigenvalue weighted by atomic mass is 9.78. The third-order valence-corrected chi connectivity index (χ3v) is 25.7. The van der Waals surface area contributed by atoms with Crippen molar-refractivity contribution in [1.82, 2.24) is 0 Å². The van der Waals surface area contributed by atoms with Crippen molar-refractivity contribution >= 4 is 103 Å². The molecule has 0 saturated carbocycles. The molecule has 0 spiro atoms. The summed E-state index contributed by atoms with van der Waals surface area (Å²) in [7, 11) is -0.504. The molecule has 4 aromatic carbocycles. The zero-order chi connectivity index (χ0) is 47.0. The van der Waals surface area contributed by atoms with Gasteiger partial charge in [0, 0.05) is 13.6 Å². The van der Waals surface area contributed by atoms with Crippen LogP contribution in [0.2, 0.25) is 51.4 Å². The monoisotopic (exact) mass is 1180 g/mol. The fraction of sp³-hybridized carbons (Fsp3) is 0.413. The Morgan fingerprint density at radius 3 is 1.40 bits per heavy atom. The van der Waals surface area contributed by atoms with Crippen molar-refractivity contribution in [2.75, 3.05) is 21.3 Å². The number of benzene rings is 4. The Morgan fingerprint density at radius 2 is 1.00 bits per heavy atom. The number of methoxy groups -OCH3 is 3. The van der Waals surface area contributed by atoms with Gasteiger partial charge in [-0.1, -0.05) is 50.2 Å². The maximum atomic E-state index is 12.8. The van der Waals surface area contributed by atoms with Crippen LogP contribution in [0.4, 0.5) is 4.79 Å². The Morgan fingerprint density at radius 1 is 0.603 bits per heavy atom. The number of ether oxygens (including phenoxy) is 6. The molecule has 344 valence electrons. The number of halogens is 2. The summed E-state index contributed by atoms with van der Waals surface area (Å²) in [4.78, 5) is 24.1. The first-order valence-electron chi connectivity index (χ1n) is 20.6. The summed E-state index contributed by atoms with van der Waals surface area (Å²) in [5, 5.41) is 0. The highest BCUT2D eigenvalue weighted by Gasteiger charge is 2.39. The first-order valence-corrected chi connectivity index (χ1v) is 33.7. The molecule has 0 amide bonds. The number of esters is 1. The molecule has 4 aromatic rings. The summed E-state index contributed by atoms with van der Waals surface area (Å²) in [6, 6.07) is 28.5. The molecule has 0 saturated heterocycles. The smallest absolute Gasteiger partial charge is 0.519 e. The molecule has 0 unspecified atom stereocenters. The van der Waals surface area contributed by atoms with Gasteiger partial charge in [-0.2, -0.15) is 0 Å². The van der Waals surface area contributed by atoms with E-state index in [4.69, 9.17) is 36.7 Å². The molecular weight excluding hydrogens is 1110 g/mol. The normalized spacial score (nSPS) is 11.9. The third-order valence-electron chi connectivity index (χ3n) is 10.1. The van der Waals surface area contributed by atoms with Crippen molar-refractivity contribution in [1.29, 1.82) is 0 Å². The van der Waals surface area contributed by atoms with Crippen molar-refractivity contribution in [3.05, 3.63) is 107 Å². The first-order chi connectivity index (χ1) is 29.5. The number of aryl methyl sites for hydroxylation is 2. The van der Waals surface area contributed by atoms with Gasteiger partial charge in [0.2, 0.25) is 0 Å². The van der Waals surface area contributed by atoms with Gasteiger partial charge < -0.3 is 48.9 Å². The van der Waals surface area contributed by atoms with Gasteiger partial charge >= 0.3 is 20.7 Å². The van der Waals surface area contributed by atoms with Crippen LogP contribution in [-0.2, 0) is 43.5 Å². The molecule has 4 rings (SSSR count). The van der Waals surface area contributed by atoms with Crippen LogP contribution in [0.5, 0.6) is 34.5 Å². The Kier molecular flexibility index (Phi) is 22.2. The van der Waals surface area contributed by atoms with Crippen molar-refractivity contribution in [3.8, 4) is 34.5 Å². The molecule has 0 N–H and O–H groups in total. The van der Waals surface area contributed by atoms with Gasteiger partial charge in [0.05, 0.1) is 21.3 Å². The molecular formula is C46H62I2O10PSSi3-. The minimum absolute atomic E-state index is 0.282. The van der Waals surface area contributed by atoms with Crippen molar-refractivity contribution in [2.45, 2.75) is 103 Å². The molecule has 0 radical (unpaired) electrons. The summed E-state index contributed by atoms with van der Waals surface area (Å²) >= 11 is 8.98. The number of carbonyl (C=O) groups excluding carboxylic acids is 2. The van der Waals surface area contributed by atoms with Crippen LogP contribution in [0.1, 0.15) is 55.9 Å². The lowest BCUT2D eigenvalue weighted by Gasteiger charge is -2.39. The van der Waals surface area contributed by atoms with Crippen LogP contribution in [0, 0.1) is 0 Å². The minimum atomic E-state index is -2.36. The first kappa shape index (κ1) is 54.9. The maximum Gasteiger partial charge on any atom is 0.519 e. The van der Waals surface area contributed by atoms with Gasteiger partial charge in [-0.05, 0) is 193 Å². The predicted octanol–water partition coefficient (Wildman–Crippen LogP) is 13.6. The fourth-order valence-corrected chi connectivity index (χ4v) is 21.4. The Balaban J connectivity index is 0.00000199. The van der Waals surface area contributed by atoms with Gasteiger partial charge in [-0.15, -0.1) is 0 Å². The van der Waals surface area contributed by atoms with E-state index in [1.165, 1.54) is 13.8 Å². The summed E-state index contributed by atoms with van der Waals surface area (Å²) in [5.41, 5.74) is 4.02. The zero-order valence-corrected chi connectivity index (χ0v) is 47.5. The Bertz CT molecular complexity index is 2130. The number of hydrogen-bond donors (Lipinski definition) is 0. The quantitative estimate of drug-likeness (QED) is 0.0161. The van der Waals surface area contributed by atoms with E-state index in [9.17, 15) is 9.59 Å². The lowest BCUT2D eigenvalue weighted by molar-refractivity contribution is -0.131. The van der Waals surface area contributed by atoms with Gasteiger partial charge in [0.15, 0.2) is 39.6 Å². The second-order valence-electron chi connectivity index (χ2n) is 17.1. The Labute approximate surface area is 412 Å². The van der Waals surface area contributed by atoms with E-state index in [-0.39, 0.29) is 17.1 Å². The molecule has 10 nitrogen and oxygen atoms in total. The van der Waals surface area contributed by atoms with Crippen LogP contribution in [0.3, 0.4) is 0 Å². The molecule has 0 aliphatic rings. The van der Waals surface area contributed by atoms with E-state index in [2.05, 4.69) is 123 Å². The van der Waals surface area contributed by atoms with E-state index in [0.717, 1.165) is 73.4 Å². The van der Waals surface area contributed by atoms with E-state index >= 15 is 0 Å². The summed E-state index contributed by atoms with van der Waals surface area (Å²) in [5.74, 6) is 2.73. The fourth-order valence-electron chi connectivity index (χ4n) is 7.30. The van der Waals surface area contributed by atoms with E-state index in [0.29, 0.717) is 17.2 Å². The van der Waals surface area contributed by atoms with Crippen LogP contribution in [-0.4, -0.2) is 60.0 Å². The summed E-state index contributed by atoms with van der Waals surface area (Å²) in [6.07, 6.45) is 2.93. The molecule has 0 aromatic heterocycles. The number of hydrogen-bond acceptors (Lipinski definition) is 11. The van der Waals surface area contributed by atoms with Gasteiger partial charge in [0.1, 0.15) is 11.5 Å². The maximum absolute atomic E-state index is 12.8. The van der Waals surface area contributed by atoms with Crippen LogP contribution >= 0.6 is 52.6 Å². The molecule has 63 heavy (non-hydrogen) atoms.